The zero-order valence-electron chi connectivity index (χ0n) is 14.6. The average molecular weight is 374 g/mol. The topological polar surface area (TPSA) is 58.9 Å². The van der Waals surface area contributed by atoms with Crippen LogP contribution in [0, 0.1) is 5.92 Å². The Hall–Kier alpha value is -0.940. The first kappa shape index (κ1) is 21.1. The van der Waals surface area contributed by atoms with Gasteiger partial charge in [-0.15, -0.1) is 0 Å². The lowest BCUT2D eigenvalue weighted by molar-refractivity contribution is -0.116. The fourth-order valence-corrected chi connectivity index (χ4v) is 3.50. The van der Waals surface area contributed by atoms with E-state index in [0.717, 1.165) is 30.8 Å². The first-order valence-electron chi connectivity index (χ1n) is 8.61. The molecule has 0 radical (unpaired) electrons. The van der Waals surface area contributed by atoms with Gasteiger partial charge in [-0.1, -0.05) is 37.0 Å². The number of nitrogens with zero attached hydrogens (tertiary/aromatic N) is 1. The summed E-state index contributed by atoms with van der Waals surface area (Å²) in [4.78, 5) is 17.7. The number of rotatable bonds is 11. The van der Waals surface area contributed by atoms with Crippen molar-refractivity contribution in [3.8, 4) is 0 Å². The predicted octanol–water partition coefficient (Wildman–Crippen LogP) is 5.24. The third-order valence-electron chi connectivity index (χ3n) is 3.84. The van der Waals surface area contributed by atoms with Gasteiger partial charge in [-0.05, 0) is 42.8 Å². The van der Waals surface area contributed by atoms with E-state index in [1.165, 1.54) is 5.54 Å². The van der Waals surface area contributed by atoms with E-state index in [1.807, 2.05) is 18.7 Å². The molecule has 0 amide bonds. The third kappa shape index (κ3) is 7.31. The number of carbonyl (C=O) groups is 1. The fraction of sp³-hybridized carbons (Fsp3) is 0.667. The molecular weight excluding hydrogens is 346 g/mol. The molecule has 0 aromatic rings. The normalized spacial score (nSPS) is 19.4. The van der Waals surface area contributed by atoms with Crippen molar-refractivity contribution in [1.29, 1.82) is 0 Å². The molecule has 4 nitrogen and oxygen atoms in total. The zero-order valence-corrected chi connectivity index (χ0v) is 16.2. The first-order valence-corrected chi connectivity index (χ1v) is 10.2. The average Bonchev–Trinajstić information content (AvgIpc) is 2.55. The number of hydrogen-bond acceptors (Lipinski definition) is 5. The molecule has 24 heavy (non-hydrogen) atoms. The molecule has 1 N–H and O–H groups in total. The molecule has 1 aliphatic carbocycles. The van der Waals surface area contributed by atoms with E-state index >= 15 is 0 Å². The van der Waals surface area contributed by atoms with Gasteiger partial charge >= 0.3 is 0 Å². The maximum absolute atomic E-state index is 12.5. The number of allylic oxidation sites excluding steroid dienone is 2. The summed E-state index contributed by atoms with van der Waals surface area (Å²) in [6.45, 7) is 4.40. The molecule has 0 saturated carbocycles. The summed E-state index contributed by atoms with van der Waals surface area (Å²) < 4.78 is 0. The molecule has 0 spiro atoms. The highest BCUT2D eigenvalue weighted by Gasteiger charge is 2.30. The highest BCUT2D eigenvalue weighted by Crippen LogP contribution is 2.30. The van der Waals surface area contributed by atoms with Crippen molar-refractivity contribution in [1.82, 2.24) is 0 Å². The van der Waals surface area contributed by atoms with Crippen LogP contribution in [0.25, 0.3) is 0 Å². The number of ketones is 1. The summed E-state index contributed by atoms with van der Waals surface area (Å²) in [5.74, 6) is 2.62. The zero-order chi connectivity index (χ0) is 17.8. The molecule has 0 bridgehead atoms. The van der Waals surface area contributed by atoms with Crippen molar-refractivity contribution >= 4 is 34.9 Å². The van der Waals surface area contributed by atoms with Crippen LogP contribution in [0.4, 0.5) is 0 Å². The number of carbonyl (C=O) groups excluding carboxylic acids is 1. The molecule has 1 unspecified atom stereocenters. The van der Waals surface area contributed by atoms with Gasteiger partial charge in [0.2, 0.25) is 0 Å². The van der Waals surface area contributed by atoms with Gasteiger partial charge in [0.15, 0.2) is 5.78 Å². The molecule has 1 rings (SSSR count). The molecular formula is C18H28ClNO3S. The summed E-state index contributed by atoms with van der Waals surface area (Å²) >= 11 is 7.35. The quantitative estimate of drug-likeness (QED) is 0.306. The minimum Gasteiger partial charge on any atom is -0.511 e. The van der Waals surface area contributed by atoms with Gasteiger partial charge in [-0.2, -0.15) is 11.8 Å². The van der Waals surface area contributed by atoms with Crippen LogP contribution < -0.4 is 0 Å². The van der Waals surface area contributed by atoms with Gasteiger partial charge in [-0.25, -0.2) is 0 Å². The Morgan fingerprint density at radius 3 is 2.88 bits per heavy atom. The minimum atomic E-state index is -0.0180. The van der Waals surface area contributed by atoms with Gasteiger partial charge < -0.3 is 9.94 Å². The maximum Gasteiger partial charge on any atom is 0.168 e. The van der Waals surface area contributed by atoms with Crippen LogP contribution >= 0.6 is 23.4 Å². The first-order chi connectivity index (χ1) is 11.6. The summed E-state index contributed by atoms with van der Waals surface area (Å²) in [5, 5.41) is 14.4. The van der Waals surface area contributed by atoms with Crippen LogP contribution in [-0.2, 0) is 9.63 Å². The maximum atomic E-state index is 12.5. The molecule has 0 aromatic carbocycles. The summed E-state index contributed by atoms with van der Waals surface area (Å²) in [6, 6.07) is 0. The van der Waals surface area contributed by atoms with Crippen LogP contribution in [0.2, 0.25) is 0 Å². The number of thioether (sulfide) groups is 1. The second kappa shape index (κ2) is 12.4. The number of aliphatic hydroxyl groups excluding tert-OH is 1. The molecule has 0 aromatic heterocycles. The van der Waals surface area contributed by atoms with Crippen molar-refractivity contribution in [2.24, 2.45) is 11.1 Å². The number of hydrogen-bond donors (Lipinski definition) is 1. The molecule has 1 atom stereocenters. The number of halogens is 1. The van der Waals surface area contributed by atoms with Gasteiger partial charge in [0, 0.05) is 18.4 Å². The Kier molecular flexibility index (Phi) is 10.9. The van der Waals surface area contributed by atoms with Gasteiger partial charge in [0.1, 0.15) is 12.4 Å². The van der Waals surface area contributed by atoms with Crippen molar-refractivity contribution in [2.45, 2.75) is 52.4 Å². The van der Waals surface area contributed by atoms with Crippen molar-refractivity contribution in [3.63, 3.8) is 0 Å². The standard InChI is InChI=1S/C18H28ClNO3S/c1-3-7-15(20-23-10-6-9-19)18-16(21)12-14(13-17(18)22)8-5-11-24-4-2/h6,9,14,21H,3-5,7-8,10-13H2,1-2H3. The lowest BCUT2D eigenvalue weighted by Crippen LogP contribution is -2.25. The lowest BCUT2D eigenvalue weighted by atomic mass is 9.82. The van der Waals surface area contributed by atoms with Crippen LogP contribution in [0.5, 0.6) is 0 Å². The Bertz CT molecular complexity index is 489. The molecule has 0 heterocycles. The Morgan fingerprint density at radius 1 is 1.46 bits per heavy atom. The second-order valence-electron chi connectivity index (χ2n) is 5.80. The number of aliphatic hydroxyl groups is 1. The number of oxime groups is 1. The van der Waals surface area contributed by atoms with Gasteiger partial charge in [0.05, 0.1) is 11.3 Å². The van der Waals surface area contributed by atoms with Crippen molar-refractivity contribution in [3.05, 3.63) is 22.9 Å². The lowest BCUT2D eigenvalue weighted by Gasteiger charge is -2.24. The summed E-state index contributed by atoms with van der Waals surface area (Å²) in [6.07, 6.45) is 6.16. The Labute approximate surface area is 154 Å². The third-order valence-corrected chi connectivity index (χ3v) is 5.00. The minimum absolute atomic E-state index is 0.0180. The van der Waals surface area contributed by atoms with Crippen LogP contribution in [0.3, 0.4) is 0 Å². The second-order valence-corrected chi connectivity index (χ2v) is 7.45. The molecule has 0 fully saturated rings. The summed E-state index contributed by atoms with van der Waals surface area (Å²) in [5.41, 5.74) is 2.27. The smallest absolute Gasteiger partial charge is 0.168 e. The monoisotopic (exact) mass is 373 g/mol. The highest BCUT2D eigenvalue weighted by molar-refractivity contribution is 7.99. The van der Waals surface area contributed by atoms with E-state index in [4.69, 9.17) is 16.4 Å². The number of Topliss-reactive ketones (excluding diaryl/α,β-unsaturated/α-hetero) is 1. The summed E-state index contributed by atoms with van der Waals surface area (Å²) in [7, 11) is 0. The van der Waals surface area contributed by atoms with E-state index in [0.29, 0.717) is 30.5 Å². The van der Waals surface area contributed by atoms with E-state index in [-0.39, 0.29) is 24.1 Å². The molecule has 0 aliphatic heterocycles. The van der Waals surface area contributed by atoms with Crippen LogP contribution in [0.1, 0.15) is 52.4 Å². The van der Waals surface area contributed by atoms with E-state index < -0.39 is 0 Å². The highest BCUT2D eigenvalue weighted by atomic mass is 35.5. The van der Waals surface area contributed by atoms with E-state index in [2.05, 4.69) is 12.1 Å². The van der Waals surface area contributed by atoms with E-state index in [9.17, 15) is 9.90 Å². The Balaban J connectivity index is 2.74. The van der Waals surface area contributed by atoms with Gasteiger partial charge in [-0.3, -0.25) is 4.79 Å². The predicted molar refractivity (Wildman–Crippen MR) is 103 cm³/mol. The molecule has 6 heteroatoms. The van der Waals surface area contributed by atoms with Crippen molar-refractivity contribution in [2.75, 3.05) is 18.1 Å². The van der Waals surface area contributed by atoms with Crippen molar-refractivity contribution < 1.29 is 14.7 Å². The van der Waals surface area contributed by atoms with Gasteiger partial charge in [0.25, 0.3) is 0 Å². The van der Waals surface area contributed by atoms with Crippen LogP contribution in [0.15, 0.2) is 28.1 Å². The largest absolute Gasteiger partial charge is 0.511 e. The van der Waals surface area contributed by atoms with E-state index in [1.54, 1.807) is 6.08 Å². The molecule has 136 valence electrons. The van der Waals surface area contributed by atoms with Crippen LogP contribution in [-0.4, -0.2) is 34.7 Å². The fourth-order valence-electron chi connectivity index (χ4n) is 2.77. The Morgan fingerprint density at radius 2 is 2.25 bits per heavy atom. The molecule has 1 aliphatic rings. The SMILES string of the molecule is CCCC(=NOCC=CCl)C1=C(O)CC(CCCSCC)CC1=O. The molecule has 0 saturated heterocycles.